The third-order valence-corrected chi connectivity index (χ3v) is 4.11. The van der Waals surface area contributed by atoms with Crippen molar-refractivity contribution in [3.05, 3.63) is 84.2 Å². The Hall–Kier alpha value is -3.07. The first-order valence-electron chi connectivity index (χ1n) is 7.81. The van der Waals surface area contributed by atoms with E-state index in [1.807, 2.05) is 55.5 Å². The van der Waals surface area contributed by atoms with Gasteiger partial charge in [0.1, 0.15) is 5.82 Å². The van der Waals surface area contributed by atoms with Gasteiger partial charge in [0, 0.05) is 16.5 Å². The number of halogens is 1. The topological polar surface area (TPSA) is 25.8 Å². The Morgan fingerprint density at radius 1 is 0.750 bits per heavy atom. The van der Waals surface area contributed by atoms with Crippen molar-refractivity contribution < 1.29 is 4.39 Å². The van der Waals surface area contributed by atoms with Crippen LogP contribution in [0, 0.1) is 12.7 Å². The summed E-state index contributed by atoms with van der Waals surface area (Å²) >= 11 is 0. The minimum atomic E-state index is -0.253. The third-order valence-electron chi connectivity index (χ3n) is 4.11. The number of para-hydroxylation sites is 1. The van der Waals surface area contributed by atoms with Crippen LogP contribution >= 0.6 is 0 Å². The van der Waals surface area contributed by atoms with Gasteiger partial charge in [-0.1, -0.05) is 42.5 Å². The van der Waals surface area contributed by atoms with Gasteiger partial charge in [-0.25, -0.2) is 14.4 Å². The normalized spacial score (nSPS) is 10.9. The van der Waals surface area contributed by atoms with Crippen LogP contribution in [0.5, 0.6) is 0 Å². The lowest BCUT2D eigenvalue weighted by molar-refractivity contribution is 0.628. The first-order chi connectivity index (χ1) is 11.7. The second-order valence-corrected chi connectivity index (χ2v) is 5.73. The zero-order chi connectivity index (χ0) is 16.5. The maximum Gasteiger partial charge on any atom is 0.160 e. The second-order valence-electron chi connectivity index (χ2n) is 5.73. The molecule has 0 spiro atoms. The average molecular weight is 314 g/mol. The third kappa shape index (κ3) is 2.54. The number of aromatic nitrogens is 2. The lowest BCUT2D eigenvalue weighted by Crippen LogP contribution is -1.96. The minimum absolute atomic E-state index is 0.253. The number of rotatable bonds is 2. The molecule has 0 amide bonds. The first-order valence-corrected chi connectivity index (χ1v) is 7.81. The van der Waals surface area contributed by atoms with E-state index in [1.165, 1.54) is 12.1 Å². The van der Waals surface area contributed by atoms with E-state index < -0.39 is 0 Å². The molecule has 0 fully saturated rings. The fourth-order valence-corrected chi connectivity index (χ4v) is 2.85. The molecular formula is C21H15FN2. The van der Waals surface area contributed by atoms with Gasteiger partial charge >= 0.3 is 0 Å². The van der Waals surface area contributed by atoms with Crippen molar-refractivity contribution in [2.24, 2.45) is 0 Å². The molecule has 2 nitrogen and oxygen atoms in total. The van der Waals surface area contributed by atoms with Crippen molar-refractivity contribution >= 4 is 10.9 Å². The van der Waals surface area contributed by atoms with Crippen molar-refractivity contribution in [2.75, 3.05) is 0 Å². The van der Waals surface area contributed by atoms with Crippen molar-refractivity contribution in [3.8, 4) is 22.6 Å². The highest BCUT2D eigenvalue weighted by Gasteiger charge is 2.12. The minimum Gasteiger partial charge on any atom is -0.228 e. The number of fused-ring (bicyclic) bond motifs is 1. The summed E-state index contributed by atoms with van der Waals surface area (Å²) in [6.45, 7) is 2.05. The molecular weight excluding hydrogens is 299 g/mol. The monoisotopic (exact) mass is 314 g/mol. The Morgan fingerprint density at radius 3 is 2.25 bits per heavy atom. The molecule has 0 aliphatic carbocycles. The zero-order valence-corrected chi connectivity index (χ0v) is 13.2. The van der Waals surface area contributed by atoms with Crippen LogP contribution in [0.25, 0.3) is 33.5 Å². The van der Waals surface area contributed by atoms with Gasteiger partial charge in [0.2, 0.25) is 0 Å². The van der Waals surface area contributed by atoms with Gasteiger partial charge in [0.15, 0.2) is 5.82 Å². The molecule has 0 aliphatic heterocycles. The van der Waals surface area contributed by atoms with Crippen LogP contribution in [0.2, 0.25) is 0 Å². The van der Waals surface area contributed by atoms with Gasteiger partial charge in [-0.2, -0.15) is 0 Å². The van der Waals surface area contributed by atoms with Gasteiger partial charge in [0.05, 0.1) is 11.2 Å². The summed E-state index contributed by atoms with van der Waals surface area (Å²) < 4.78 is 13.3. The van der Waals surface area contributed by atoms with Crippen LogP contribution in [0.4, 0.5) is 4.39 Å². The Kier molecular flexibility index (Phi) is 3.54. The zero-order valence-electron chi connectivity index (χ0n) is 13.2. The van der Waals surface area contributed by atoms with E-state index in [0.29, 0.717) is 5.82 Å². The fourth-order valence-electron chi connectivity index (χ4n) is 2.85. The molecule has 1 aromatic heterocycles. The van der Waals surface area contributed by atoms with Gasteiger partial charge in [0.25, 0.3) is 0 Å². The summed E-state index contributed by atoms with van der Waals surface area (Å²) in [7, 11) is 0. The maximum atomic E-state index is 13.3. The second kappa shape index (κ2) is 5.85. The van der Waals surface area contributed by atoms with E-state index in [2.05, 4.69) is 0 Å². The highest BCUT2D eigenvalue weighted by Crippen LogP contribution is 2.30. The molecule has 3 aromatic carbocycles. The molecule has 116 valence electrons. The highest BCUT2D eigenvalue weighted by molar-refractivity contribution is 5.93. The predicted octanol–water partition coefficient (Wildman–Crippen LogP) is 5.41. The van der Waals surface area contributed by atoms with Crippen LogP contribution in [0.3, 0.4) is 0 Å². The van der Waals surface area contributed by atoms with Crippen molar-refractivity contribution in [3.63, 3.8) is 0 Å². The standard InChI is InChI=1S/C21H15FN2/c1-14-6-2-3-7-17(14)21-23-19-9-5-4-8-18(19)20(24-21)15-10-12-16(22)13-11-15/h2-13H,1H3. The molecule has 0 unspecified atom stereocenters. The summed E-state index contributed by atoms with van der Waals surface area (Å²) in [5.41, 5.74) is 4.71. The molecule has 4 aromatic rings. The first kappa shape index (κ1) is 14.5. The van der Waals surface area contributed by atoms with E-state index >= 15 is 0 Å². The predicted molar refractivity (Wildman–Crippen MR) is 95.1 cm³/mol. The van der Waals surface area contributed by atoms with Crippen molar-refractivity contribution in [1.82, 2.24) is 9.97 Å². The van der Waals surface area contributed by atoms with Gasteiger partial charge in [-0.15, -0.1) is 0 Å². The average Bonchev–Trinajstić information content (AvgIpc) is 2.62. The summed E-state index contributed by atoms with van der Waals surface area (Å²) in [4.78, 5) is 9.52. The van der Waals surface area contributed by atoms with Gasteiger partial charge in [-0.05, 0) is 42.8 Å². The van der Waals surface area contributed by atoms with E-state index in [-0.39, 0.29) is 5.82 Å². The molecule has 3 heteroatoms. The lowest BCUT2D eigenvalue weighted by atomic mass is 10.0. The molecule has 0 aliphatic rings. The summed E-state index contributed by atoms with van der Waals surface area (Å²) in [6.07, 6.45) is 0. The van der Waals surface area contributed by atoms with Crippen LogP contribution in [-0.4, -0.2) is 9.97 Å². The van der Waals surface area contributed by atoms with Crippen molar-refractivity contribution in [1.29, 1.82) is 0 Å². The van der Waals surface area contributed by atoms with Gasteiger partial charge < -0.3 is 0 Å². The highest BCUT2D eigenvalue weighted by atomic mass is 19.1. The summed E-state index contributed by atoms with van der Waals surface area (Å²) in [6, 6.07) is 22.4. The number of nitrogens with zero attached hydrogens (tertiary/aromatic N) is 2. The molecule has 0 N–H and O–H groups in total. The molecule has 4 rings (SSSR count). The van der Waals surface area contributed by atoms with Crippen molar-refractivity contribution in [2.45, 2.75) is 6.92 Å². The largest absolute Gasteiger partial charge is 0.228 e. The Labute approximate surface area is 139 Å². The molecule has 0 saturated heterocycles. The number of aryl methyl sites for hydroxylation is 1. The van der Waals surface area contributed by atoms with E-state index in [9.17, 15) is 4.39 Å². The van der Waals surface area contributed by atoms with Gasteiger partial charge in [-0.3, -0.25) is 0 Å². The molecule has 0 saturated carbocycles. The maximum absolute atomic E-state index is 13.3. The van der Waals surface area contributed by atoms with Crippen LogP contribution < -0.4 is 0 Å². The molecule has 1 heterocycles. The SMILES string of the molecule is Cc1ccccc1-c1nc(-c2ccc(F)cc2)c2ccccc2n1. The Bertz CT molecular complexity index is 1020. The number of hydrogen-bond acceptors (Lipinski definition) is 2. The van der Waals surface area contributed by atoms with Crippen LogP contribution in [0.1, 0.15) is 5.56 Å². The summed E-state index contributed by atoms with van der Waals surface area (Å²) in [5.74, 6) is 0.433. The summed E-state index contributed by atoms with van der Waals surface area (Å²) in [5, 5.41) is 0.960. The lowest BCUT2D eigenvalue weighted by Gasteiger charge is -2.10. The van der Waals surface area contributed by atoms with Crippen LogP contribution in [-0.2, 0) is 0 Å². The number of benzene rings is 3. The van der Waals surface area contributed by atoms with E-state index in [0.717, 1.165) is 33.3 Å². The fraction of sp³-hybridized carbons (Fsp3) is 0.0476. The smallest absolute Gasteiger partial charge is 0.160 e. The molecule has 0 bridgehead atoms. The van der Waals surface area contributed by atoms with E-state index in [1.54, 1.807) is 12.1 Å². The molecule has 0 radical (unpaired) electrons. The quantitative estimate of drug-likeness (QED) is 0.494. The van der Waals surface area contributed by atoms with E-state index in [4.69, 9.17) is 9.97 Å². The number of hydrogen-bond donors (Lipinski definition) is 0. The van der Waals surface area contributed by atoms with Crippen LogP contribution in [0.15, 0.2) is 72.8 Å². The molecule has 24 heavy (non-hydrogen) atoms. The Morgan fingerprint density at radius 2 is 1.46 bits per heavy atom. The molecule has 0 atom stereocenters. The Balaban J connectivity index is 2.01.